The molecule has 1 aromatic carbocycles. The Morgan fingerprint density at radius 3 is 2.62 bits per heavy atom. The van der Waals surface area contributed by atoms with Crippen LogP contribution in [0.4, 0.5) is 0 Å². The van der Waals surface area contributed by atoms with E-state index in [1.807, 2.05) is 0 Å². The van der Waals surface area contributed by atoms with Crippen molar-refractivity contribution in [1.82, 2.24) is 0 Å². The summed E-state index contributed by atoms with van der Waals surface area (Å²) < 4.78 is 15.5. The molecule has 0 amide bonds. The van der Waals surface area contributed by atoms with Crippen LogP contribution in [0.15, 0.2) is 24.4 Å². The minimum atomic E-state index is -0.550. The van der Waals surface area contributed by atoms with Crippen molar-refractivity contribution in [3.63, 3.8) is 0 Å². The molecule has 0 saturated heterocycles. The molecular formula is C14H17NO6. The summed E-state index contributed by atoms with van der Waals surface area (Å²) in [5.74, 6) is 0.313. The lowest BCUT2D eigenvalue weighted by atomic mass is 10.2. The van der Waals surface area contributed by atoms with E-state index in [2.05, 4.69) is 0 Å². The maximum absolute atomic E-state index is 11.3. The molecule has 0 aromatic heterocycles. The highest BCUT2D eigenvalue weighted by molar-refractivity contribution is 5.71. The maximum atomic E-state index is 11.3. The van der Waals surface area contributed by atoms with Crippen LogP contribution in [0.25, 0.3) is 6.08 Å². The Morgan fingerprint density at radius 2 is 2.00 bits per heavy atom. The number of rotatable bonds is 8. The zero-order valence-electron chi connectivity index (χ0n) is 11.9. The first-order valence-corrected chi connectivity index (χ1v) is 6.43. The molecule has 21 heavy (non-hydrogen) atoms. The quantitative estimate of drug-likeness (QED) is 0.415. The summed E-state index contributed by atoms with van der Waals surface area (Å²) in [6.45, 7) is 3.97. The van der Waals surface area contributed by atoms with Crippen molar-refractivity contribution in [2.24, 2.45) is 0 Å². The zero-order valence-corrected chi connectivity index (χ0v) is 11.9. The van der Waals surface area contributed by atoms with Crippen LogP contribution in [-0.4, -0.2) is 30.7 Å². The summed E-state index contributed by atoms with van der Waals surface area (Å²) in [7, 11) is 0. The van der Waals surface area contributed by atoms with Crippen molar-refractivity contribution in [3.05, 3.63) is 40.1 Å². The summed E-state index contributed by atoms with van der Waals surface area (Å²) in [4.78, 5) is 21.0. The minimum absolute atomic E-state index is 0.224. The number of esters is 1. The van der Waals surface area contributed by atoms with Crippen LogP contribution >= 0.6 is 0 Å². The van der Waals surface area contributed by atoms with Gasteiger partial charge in [0.1, 0.15) is 0 Å². The van der Waals surface area contributed by atoms with Gasteiger partial charge in [-0.3, -0.25) is 10.1 Å². The topological polar surface area (TPSA) is 87.9 Å². The van der Waals surface area contributed by atoms with Crippen molar-refractivity contribution < 1.29 is 23.9 Å². The highest BCUT2D eigenvalue weighted by Crippen LogP contribution is 2.29. The minimum Gasteiger partial charge on any atom is -0.490 e. The number of benzene rings is 1. The molecule has 0 aliphatic rings. The first-order valence-electron chi connectivity index (χ1n) is 6.43. The van der Waals surface area contributed by atoms with Gasteiger partial charge in [-0.2, -0.15) is 0 Å². The Kier molecular flexibility index (Phi) is 6.73. The van der Waals surface area contributed by atoms with E-state index in [1.54, 1.807) is 32.0 Å². The van der Waals surface area contributed by atoms with E-state index in [-0.39, 0.29) is 13.2 Å². The number of nitrogens with zero attached hydrogens (tertiary/aromatic N) is 1. The molecule has 0 fully saturated rings. The molecule has 0 radical (unpaired) electrons. The van der Waals surface area contributed by atoms with Crippen LogP contribution in [0, 0.1) is 10.1 Å². The van der Waals surface area contributed by atoms with E-state index in [0.717, 1.165) is 6.20 Å². The number of carbonyl (C=O) groups excluding carboxylic acids is 1. The van der Waals surface area contributed by atoms with Gasteiger partial charge in [-0.05, 0) is 31.5 Å². The van der Waals surface area contributed by atoms with Gasteiger partial charge in [-0.25, -0.2) is 4.79 Å². The van der Waals surface area contributed by atoms with Crippen LogP contribution in [0.5, 0.6) is 11.5 Å². The molecule has 0 atom stereocenters. The monoisotopic (exact) mass is 295 g/mol. The number of hydrogen-bond acceptors (Lipinski definition) is 6. The van der Waals surface area contributed by atoms with E-state index in [4.69, 9.17) is 14.2 Å². The van der Waals surface area contributed by atoms with Crippen molar-refractivity contribution in [2.75, 3.05) is 19.8 Å². The van der Waals surface area contributed by atoms with Crippen LogP contribution in [0.1, 0.15) is 19.4 Å². The fourth-order valence-electron chi connectivity index (χ4n) is 1.50. The van der Waals surface area contributed by atoms with Gasteiger partial charge >= 0.3 is 5.97 Å². The Balaban J connectivity index is 2.83. The van der Waals surface area contributed by atoms with E-state index in [0.29, 0.717) is 23.7 Å². The summed E-state index contributed by atoms with van der Waals surface area (Å²) in [6, 6.07) is 4.82. The summed E-state index contributed by atoms with van der Waals surface area (Å²) >= 11 is 0. The lowest BCUT2D eigenvalue weighted by molar-refractivity contribution is -0.400. The van der Waals surface area contributed by atoms with Gasteiger partial charge < -0.3 is 14.2 Å². The largest absolute Gasteiger partial charge is 0.490 e. The Bertz CT molecular complexity index is 526. The first-order chi connectivity index (χ1) is 10.1. The molecule has 0 unspecified atom stereocenters. The number of ether oxygens (including phenoxy) is 3. The van der Waals surface area contributed by atoms with Crippen molar-refractivity contribution in [3.8, 4) is 11.5 Å². The predicted molar refractivity (Wildman–Crippen MR) is 75.8 cm³/mol. The molecular weight excluding hydrogens is 278 g/mol. The van der Waals surface area contributed by atoms with Crippen molar-refractivity contribution in [2.45, 2.75) is 13.8 Å². The van der Waals surface area contributed by atoms with Crippen LogP contribution in [0.2, 0.25) is 0 Å². The molecule has 0 N–H and O–H groups in total. The molecule has 7 nitrogen and oxygen atoms in total. The smallest absolute Gasteiger partial charge is 0.344 e. The van der Waals surface area contributed by atoms with Gasteiger partial charge in [0.15, 0.2) is 18.1 Å². The molecule has 0 aliphatic heterocycles. The van der Waals surface area contributed by atoms with Gasteiger partial charge in [0, 0.05) is 6.08 Å². The number of hydrogen-bond donors (Lipinski definition) is 0. The molecule has 1 rings (SSSR count). The van der Waals surface area contributed by atoms with E-state index < -0.39 is 10.9 Å². The van der Waals surface area contributed by atoms with Crippen molar-refractivity contribution >= 4 is 12.0 Å². The van der Waals surface area contributed by atoms with E-state index in [9.17, 15) is 14.9 Å². The Labute approximate surface area is 122 Å². The summed E-state index contributed by atoms with van der Waals surface area (Å²) in [5, 5.41) is 10.3. The maximum Gasteiger partial charge on any atom is 0.344 e. The lowest BCUT2D eigenvalue weighted by Crippen LogP contribution is -2.15. The third kappa shape index (κ3) is 5.94. The molecule has 0 aliphatic carbocycles. The van der Waals surface area contributed by atoms with E-state index >= 15 is 0 Å². The second-order valence-electron chi connectivity index (χ2n) is 3.83. The average Bonchev–Trinajstić information content (AvgIpc) is 2.44. The number of carbonyl (C=O) groups is 1. The van der Waals surface area contributed by atoms with Gasteiger partial charge in [0.05, 0.1) is 18.1 Å². The molecule has 1 aromatic rings. The van der Waals surface area contributed by atoms with Gasteiger partial charge in [-0.15, -0.1) is 0 Å². The zero-order chi connectivity index (χ0) is 15.7. The molecule has 7 heteroatoms. The SMILES string of the molecule is CCOC(=O)COc1ccc(/C=C/[N+](=O)[O-])cc1OCC. The standard InChI is InChI=1S/C14H17NO6/c1-3-19-13-9-11(7-8-15(17)18)5-6-12(13)21-10-14(16)20-4-2/h5-9H,3-4,10H2,1-2H3/b8-7+. The summed E-state index contributed by atoms with van der Waals surface area (Å²) in [5.41, 5.74) is 0.596. The molecule has 0 spiro atoms. The normalized spacial score (nSPS) is 10.4. The van der Waals surface area contributed by atoms with Gasteiger partial charge in [0.25, 0.3) is 0 Å². The first kappa shape index (κ1) is 16.5. The molecule has 0 bridgehead atoms. The highest BCUT2D eigenvalue weighted by atomic mass is 16.6. The van der Waals surface area contributed by atoms with E-state index in [1.165, 1.54) is 6.08 Å². The lowest BCUT2D eigenvalue weighted by Gasteiger charge is -2.12. The third-order valence-electron chi connectivity index (χ3n) is 2.31. The van der Waals surface area contributed by atoms with Gasteiger partial charge in [-0.1, -0.05) is 6.07 Å². The fraction of sp³-hybridized carbons (Fsp3) is 0.357. The van der Waals surface area contributed by atoms with Gasteiger partial charge in [0.2, 0.25) is 6.20 Å². The second-order valence-corrected chi connectivity index (χ2v) is 3.83. The highest BCUT2D eigenvalue weighted by Gasteiger charge is 2.09. The number of nitro groups is 1. The molecule has 0 saturated carbocycles. The molecule has 0 heterocycles. The third-order valence-corrected chi connectivity index (χ3v) is 2.31. The predicted octanol–water partition coefficient (Wildman–Crippen LogP) is 2.27. The average molecular weight is 295 g/mol. The van der Waals surface area contributed by atoms with Crippen LogP contribution < -0.4 is 9.47 Å². The Hall–Kier alpha value is -2.57. The van der Waals surface area contributed by atoms with Crippen LogP contribution in [0.3, 0.4) is 0 Å². The second kappa shape index (κ2) is 8.57. The summed E-state index contributed by atoms with van der Waals surface area (Å²) in [6.07, 6.45) is 2.18. The van der Waals surface area contributed by atoms with Crippen LogP contribution in [-0.2, 0) is 9.53 Å². The Morgan fingerprint density at radius 1 is 1.24 bits per heavy atom. The molecule has 114 valence electrons. The van der Waals surface area contributed by atoms with Crippen molar-refractivity contribution in [1.29, 1.82) is 0 Å². The fourth-order valence-corrected chi connectivity index (χ4v) is 1.50.